The summed E-state index contributed by atoms with van der Waals surface area (Å²) in [6, 6.07) is 13.9. The van der Waals surface area contributed by atoms with Crippen molar-refractivity contribution in [3.05, 3.63) is 78.5 Å². The Morgan fingerprint density at radius 1 is 1.21 bits per heavy atom. The first-order valence-corrected chi connectivity index (χ1v) is 8.60. The average Bonchev–Trinajstić information content (AvgIpc) is 2.69. The zero-order valence-electron chi connectivity index (χ0n) is 15.3. The third-order valence-electron chi connectivity index (χ3n) is 3.86. The molecule has 0 atom stereocenters. The van der Waals surface area contributed by atoms with Crippen LogP contribution in [0.5, 0.6) is 5.75 Å². The van der Waals surface area contributed by atoms with Crippen molar-refractivity contribution in [2.24, 2.45) is 0 Å². The molecule has 0 radical (unpaired) electrons. The normalized spacial score (nSPS) is 10.2. The third-order valence-corrected chi connectivity index (χ3v) is 3.86. The second-order valence-electron chi connectivity index (χ2n) is 5.98. The number of aryl methyl sites for hydroxylation is 1. The van der Waals surface area contributed by atoms with E-state index in [1.54, 1.807) is 30.5 Å². The molecular weight excluding hydrogens is 356 g/mol. The first-order chi connectivity index (χ1) is 13.5. The van der Waals surface area contributed by atoms with Crippen LogP contribution in [-0.2, 0) is 0 Å². The molecule has 3 N–H and O–H groups in total. The van der Waals surface area contributed by atoms with E-state index in [9.17, 15) is 4.79 Å². The van der Waals surface area contributed by atoms with Gasteiger partial charge in [-0.25, -0.2) is 9.78 Å². The average molecular weight is 376 g/mol. The van der Waals surface area contributed by atoms with Crippen LogP contribution in [0.15, 0.2) is 67.4 Å². The molecule has 0 saturated carbocycles. The van der Waals surface area contributed by atoms with E-state index in [1.165, 1.54) is 12.1 Å². The minimum Gasteiger partial charge on any atom is -0.489 e. The highest BCUT2D eigenvalue weighted by Crippen LogP contribution is 2.25. The maximum Gasteiger partial charge on any atom is 0.335 e. The lowest BCUT2D eigenvalue weighted by atomic mass is 10.2. The third kappa shape index (κ3) is 4.85. The molecule has 0 aliphatic rings. The SMILES string of the molecule is C=CCOc1ccc(C)c(Nc2ccnc(Nc3cccc(C(=O)O)c3)n2)c1. The van der Waals surface area contributed by atoms with Crippen molar-refractivity contribution in [3.8, 4) is 5.75 Å². The van der Waals surface area contributed by atoms with Crippen LogP contribution < -0.4 is 15.4 Å². The summed E-state index contributed by atoms with van der Waals surface area (Å²) in [5.41, 5.74) is 2.67. The van der Waals surface area contributed by atoms with E-state index >= 15 is 0 Å². The van der Waals surface area contributed by atoms with Gasteiger partial charge >= 0.3 is 5.97 Å². The van der Waals surface area contributed by atoms with E-state index in [-0.39, 0.29) is 5.56 Å². The highest BCUT2D eigenvalue weighted by molar-refractivity contribution is 5.89. The van der Waals surface area contributed by atoms with Crippen molar-refractivity contribution in [1.29, 1.82) is 0 Å². The minimum absolute atomic E-state index is 0.186. The van der Waals surface area contributed by atoms with Crippen LogP contribution in [0, 0.1) is 6.92 Å². The lowest BCUT2D eigenvalue weighted by Gasteiger charge is -2.12. The number of ether oxygens (including phenoxy) is 1. The number of carboxylic acids is 1. The van der Waals surface area contributed by atoms with Crippen LogP contribution in [0.3, 0.4) is 0 Å². The molecule has 0 bridgehead atoms. The number of hydrogen-bond acceptors (Lipinski definition) is 6. The summed E-state index contributed by atoms with van der Waals surface area (Å²) in [6.07, 6.45) is 3.31. The Hall–Kier alpha value is -3.87. The van der Waals surface area contributed by atoms with Crippen molar-refractivity contribution in [1.82, 2.24) is 9.97 Å². The summed E-state index contributed by atoms with van der Waals surface area (Å²) in [4.78, 5) is 19.7. The Kier molecular flexibility index (Phi) is 5.86. The number of aromatic carboxylic acids is 1. The Balaban J connectivity index is 1.77. The molecule has 0 spiro atoms. The molecular formula is C21H20N4O3. The maximum atomic E-state index is 11.1. The predicted octanol–water partition coefficient (Wildman–Crippen LogP) is 4.54. The quantitative estimate of drug-likeness (QED) is 0.497. The summed E-state index contributed by atoms with van der Waals surface area (Å²) >= 11 is 0. The van der Waals surface area contributed by atoms with Gasteiger partial charge in [-0.05, 0) is 42.8 Å². The number of carboxylic acid groups (broad SMARTS) is 1. The summed E-state index contributed by atoms with van der Waals surface area (Å²) in [5.74, 6) is 0.681. The highest BCUT2D eigenvalue weighted by atomic mass is 16.5. The molecule has 0 amide bonds. The van der Waals surface area contributed by atoms with E-state index in [0.29, 0.717) is 24.1 Å². The van der Waals surface area contributed by atoms with Gasteiger partial charge in [0.25, 0.3) is 0 Å². The van der Waals surface area contributed by atoms with Crippen LogP contribution in [-0.4, -0.2) is 27.7 Å². The summed E-state index contributed by atoms with van der Waals surface area (Å²) < 4.78 is 5.57. The van der Waals surface area contributed by atoms with Crippen molar-refractivity contribution in [3.63, 3.8) is 0 Å². The largest absolute Gasteiger partial charge is 0.489 e. The van der Waals surface area contributed by atoms with E-state index in [2.05, 4.69) is 27.2 Å². The van der Waals surface area contributed by atoms with Crippen LogP contribution in [0.2, 0.25) is 0 Å². The number of nitrogens with one attached hydrogen (secondary N) is 2. The molecule has 1 heterocycles. The Morgan fingerprint density at radius 2 is 2.07 bits per heavy atom. The Bertz CT molecular complexity index is 1000. The number of carbonyl (C=O) groups is 1. The van der Waals surface area contributed by atoms with Gasteiger partial charge in [-0.2, -0.15) is 4.98 Å². The number of hydrogen-bond donors (Lipinski definition) is 3. The van der Waals surface area contributed by atoms with E-state index in [1.807, 2.05) is 25.1 Å². The van der Waals surface area contributed by atoms with Crippen LogP contribution in [0.1, 0.15) is 15.9 Å². The summed E-state index contributed by atoms with van der Waals surface area (Å²) in [7, 11) is 0. The van der Waals surface area contributed by atoms with Crippen molar-refractivity contribution in [2.75, 3.05) is 17.2 Å². The van der Waals surface area contributed by atoms with Gasteiger partial charge in [0.1, 0.15) is 18.2 Å². The molecule has 3 rings (SSSR count). The van der Waals surface area contributed by atoms with Crippen LogP contribution in [0.4, 0.5) is 23.1 Å². The van der Waals surface area contributed by atoms with Gasteiger partial charge in [0.2, 0.25) is 5.95 Å². The monoisotopic (exact) mass is 376 g/mol. The second kappa shape index (κ2) is 8.68. The zero-order chi connectivity index (χ0) is 19.9. The van der Waals surface area contributed by atoms with Gasteiger partial charge in [-0.15, -0.1) is 0 Å². The standard InChI is InChI=1S/C21H20N4O3/c1-3-11-28-17-8-7-14(2)18(13-17)24-19-9-10-22-21(25-19)23-16-6-4-5-15(12-16)20(26)27/h3-10,12-13H,1,11H2,2H3,(H,26,27)(H2,22,23,24,25). The molecule has 2 aromatic carbocycles. The Morgan fingerprint density at radius 3 is 2.86 bits per heavy atom. The van der Waals surface area contributed by atoms with E-state index in [4.69, 9.17) is 9.84 Å². The van der Waals surface area contributed by atoms with Gasteiger partial charge < -0.3 is 20.5 Å². The molecule has 7 heteroatoms. The smallest absolute Gasteiger partial charge is 0.335 e. The van der Waals surface area contributed by atoms with Crippen LogP contribution in [0.25, 0.3) is 0 Å². The lowest BCUT2D eigenvalue weighted by molar-refractivity contribution is 0.0697. The van der Waals surface area contributed by atoms with Gasteiger partial charge in [0.05, 0.1) is 5.56 Å². The molecule has 3 aromatic rings. The molecule has 28 heavy (non-hydrogen) atoms. The molecule has 142 valence electrons. The fourth-order valence-corrected chi connectivity index (χ4v) is 2.47. The summed E-state index contributed by atoms with van der Waals surface area (Å²) in [6.45, 7) is 6.06. The fraction of sp³-hybridized carbons (Fsp3) is 0.0952. The van der Waals surface area contributed by atoms with Gasteiger partial charge in [0, 0.05) is 23.6 Å². The first-order valence-electron chi connectivity index (χ1n) is 8.60. The number of benzene rings is 2. The number of rotatable bonds is 8. The van der Waals surface area contributed by atoms with Crippen LogP contribution >= 0.6 is 0 Å². The maximum absolute atomic E-state index is 11.1. The van der Waals surface area contributed by atoms with Crippen molar-refractivity contribution >= 4 is 29.1 Å². The van der Waals surface area contributed by atoms with Crippen molar-refractivity contribution < 1.29 is 14.6 Å². The van der Waals surface area contributed by atoms with Gasteiger partial charge in [-0.3, -0.25) is 0 Å². The summed E-state index contributed by atoms with van der Waals surface area (Å²) in [5, 5.41) is 15.4. The molecule has 7 nitrogen and oxygen atoms in total. The number of anilines is 4. The van der Waals surface area contributed by atoms with Gasteiger partial charge in [-0.1, -0.05) is 24.8 Å². The molecule has 0 saturated heterocycles. The van der Waals surface area contributed by atoms with E-state index in [0.717, 1.165) is 17.0 Å². The van der Waals surface area contributed by atoms with Gasteiger partial charge in [0.15, 0.2) is 0 Å². The molecule has 0 aliphatic carbocycles. The Labute approximate surface area is 162 Å². The first kappa shape index (κ1) is 18.9. The molecule has 0 fully saturated rings. The topological polar surface area (TPSA) is 96.4 Å². The zero-order valence-corrected chi connectivity index (χ0v) is 15.3. The number of aromatic nitrogens is 2. The molecule has 1 aromatic heterocycles. The predicted molar refractivity (Wildman–Crippen MR) is 109 cm³/mol. The highest BCUT2D eigenvalue weighted by Gasteiger charge is 2.07. The fourth-order valence-electron chi connectivity index (χ4n) is 2.47. The van der Waals surface area contributed by atoms with E-state index < -0.39 is 5.97 Å². The molecule has 0 aliphatic heterocycles. The molecule has 0 unspecified atom stereocenters. The lowest BCUT2D eigenvalue weighted by Crippen LogP contribution is -2.03. The van der Waals surface area contributed by atoms with Crippen molar-refractivity contribution in [2.45, 2.75) is 6.92 Å². The second-order valence-corrected chi connectivity index (χ2v) is 5.98. The number of nitrogens with zero attached hydrogens (tertiary/aromatic N) is 2. The minimum atomic E-state index is -0.992.